The van der Waals surface area contributed by atoms with Gasteiger partial charge in [-0.3, -0.25) is 4.90 Å². The van der Waals surface area contributed by atoms with Gasteiger partial charge in [-0.15, -0.1) is 24.8 Å². The average molecular weight is 306 g/mol. The van der Waals surface area contributed by atoms with Crippen molar-refractivity contribution in [1.29, 1.82) is 0 Å². The van der Waals surface area contributed by atoms with E-state index in [1.807, 2.05) is 12.1 Å². The molecule has 0 bridgehead atoms. The third-order valence-electron chi connectivity index (χ3n) is 3.57. The van der Waals surface area contributed by atoms with E-state index in [4.69, 9.17) is 5.73 Å². The Morgan fingerprint density at radius 1 is 1.32 bits per heavy atom. The molecule has 0 aromatic heterocycles. The summed E-state index contributed by atoms with van der Waals surface area (Å²) in [5.41, 5.74) is 8.00. The molecule has 5 heteroatoms. The van der Waals surface area contributed by atoms with Crippen molar-refractivity contribution in [2.45, 2.75) is 25.4 Å². The molecule has 3 nitrogen and oxygen atoms in total. The van der Waals surface area contributed by atoms with E-state index in [0.29, 0.717) is 6.04 Å². The zero-order valence-electron chi connectivity index (χ0n) is 11.7. The number of nitrogens with zero attached hydrogens (tertiary/aromatic N) is 2. The van der Waals surface area contributed by atoms with Gasteiger partial charge in [-0.25, -0.2) is 0 Å². The Morgan fingerprint density at radius 2 is 2.05 bits per heavy atom. The van der Waals surface area contributed by atoms with Crippen molar-refractivity contribution in [2.24, 2.45) is 0 Å². The molecule has 2 N–H and O–H groups in total. The van der Waals surface area contributed by atoms with Crippen molar-refractivity contribution in [3.8, 4) is 0 Å². The summed E-state index contributed by atoms with van der Waals surface area (Å²) in [5.74, 6) is 0. The molecule has 0 aliphatic carbocycles. The Morgan fingerprint density at radius 3 is 2.68 bits per heavy atom. The molecular formula is C14H25Cl2N3. The van der Waals surface area contributed by atoms with Crippen LogP contribution in [-0.4, -0.2) is 43.0 Å². The smallest absolute Gasteiger partial charge is 0.0317 e. The predicted molar refractivity (Wildman–Crippen MR) is 87.3 cm³/mol. The van der Waals surface area contributed by atoms with E-state index < -0.39 is 0 Å². The summed E-state index contributed by atoms with van der Waals surface area (Å²) >= 11 is 0. The molecule has 1 heterocycles. The first-order valence-electron chi connectivity index (χ1n) is 6.38. The summed E-state index contributed by atoms with van der Waals surface area (Å²) in [4.78, 5) is 4.87. The summed E-state index contributed by atoms with van der Waals surface area (Å²) in [7, 11) is 4.35. The van der Waals surface area contributed by atoms with Gasteiger partial charge in [0.1, 0.15) is 0 Å². The monoisotopic (exact) mass is 305 g/mol. The van der Waals surface area contributed by atoms with Crippen LogP contribution in [0.2, 0.25) is 0 Å². The first-order valence-corrected chi connectivity index (χ1v) is 6.38. The topological polar surface area (TPSA) is 32.5 Å². The number of rotatable bonds is 3. The van der Waals surface area contributed by atoms with Crippen LogP contribution in [0.25, 0.3) is 0 Å². The van der Waals surface area contributed by atoms with Crippen LogP contribution in [0.4, 0.5) is 5.69 Å². The Kier molecular flexibility index (Phi) is 8.42. The van der Waals surface area contributed by atoms with Crippen LogP contribution in [-0.2, 0) is 6.54 Å². The first-order chi connectivity index (χ1) is 8.15. The van der Waals surface area contributed by atoms with E-state index in [1.165, 1.54) is 31.5 Å². The molecule has 1 atom stereocenters. The lowest BCUT2D eigenvalue weighted by Crippen LogP contribution is -2.44. The fraction of sp³-hybridized carbons (Fsp3) is 0.571. The first kappa shape index (κ1) is 18.5. The number of piperidine rings is 1. The maximum absolute atomic E-state index is 5.81. The van der Waals surface area contributed by atoms with Crippen molar-refractivity contribution in [2.75, 3.05) is 32.9 Å². The summed E-state index contributed by atoms with van der Waals surface area (Å²) in [5, 5.41) is 0. The largest absolute Gasteiger partial charge is 0.399 e. The van der Waals surface area contributed by atoms with Gasteiger partial charge >= 0.3 is 0 Å². The van der Waals surface area contributed by atoms with Crippen LogP contribution in [0.15, 0.2) is 24.3 Å². The van der Waals surface area contributed by atoms with E-state index >= 15 is 0 Å². The highest BCUT2D eigenvalue weighted by molar-refractivity contribution is 5.85. The average Bonchev–Trinajstić information content (AvgIpc) is 2.29. The molecule has 1 aliphatic heterocycles. The number of anilines is 1. The van der Waals surface area contributed by atoms with Crippen LogP contribution >= 0.6 is 24.8 Å². The van der Waals surface area contributed by atoms with Crippen LogP contribution in [0.3, 0.4) is 0 Å². The minimum atomic E-state index is 0. The quantitative estimate of drug-likeness (QED) is 0.871. The van der Waals surface area contributed by atoms with Gasteiger partial charge in [-0.1, -0.05) is 12.1 Å². The lowest BCUT2D eigenvalue weighted by Gasteiger charge is -2.36. The summed E-state index contributed by atoms with van der Waals surface area (Å²) in [6, 6.07) is 8.93. The van der Waals surface area contributed by atoms with Gasteiger partial charge in [-0.2, -0.15) is 0 Å². The van der Waals surface area contributed by atoms with Crippen LogP contribution < -0.4 is 5.73 Å². The van der Waals surface area contributed by atoms with E-state index in [1.54, 1.807) is 0 Å². The minimum Gasteiger partial charge on any atom is -0.399 e. The van der Waals surface area contributed by atoms with E-state index in [9.17, 15) is 0 Å². The predicted octanol–water partition coefficient (Wildman–Crippen LogP) is 2.64. The van der Waals surface area contributed by atoms with Gasteiger partial charge in [0.25, 0.3) is 0 Å². The van der Waals surface area contributed by atoms with Gasteiger partial charge in [0.15, 0.2) is 0 Å². The van der Waals surface area contributed by atoms with Crippen LogP contribution in [0.5, 0.6) is 0 Å². The zero-order chi connectivity index (χ0) is 12.3. The Balaban J connectivity index is 0.00000162. The highest BCUT2D eigenvalue weighted by atomic mass is 35.5. The number of likely N-dealkylation sites (tertiary alicyclic amines) is 1. The molecule has 1 aliphatic rings. The summed E-state index contributed by atoms with van der Waals surface area (Å²) in [6.07, 6.45) is 2.62. The summed E-state index contributed by atoms with van der Waals surface area (Å²) in [6.45, 7) is 3.40. The number of halogens is 2. The highest BCUT2D eigenvalue weighted by Crippen LogP contribution is 2.17. The maximum Gasteiger partial charge on any atom is 0.0317 e. The Bertz CT molecular complexity index is 371. The molecule has 1 aromatic rings. The second-order valence-electron chi connectivity index (χ2n) is 5.24. The van der Waals surface area contributed by atoms with Gasteiger partial charge in [-0.05, 0) is 51.2 Å². The van der Waals surface area contributed by atoms with Crippen LogP contribution in [0.1, 0.15) is 18.4 Å². The molecule has 110 valence electrons. The van der Waals surface area contributed by atoms with Crippen molar-refractivity contribution >= 4 is 30.5 Å². The SMILES string of the molecule is CN(C)C1CCCN(Cc2cccc(N)c2)C1.Cl.Cl. The molecule has 0 spiro atoms. The number of hydrogen-bond donors (Lipinski definition) is 1. The van der Waals surface area contributed by atoms with Crippen molar-refractivity contribution in [3.63, 3.8) is 0 Å². The van der Waals surface area contributed by atoms with Gasteiger partial charge < -0.3 is 10.6 Å². The molecule has 0 radical (unpaired) electrons. The third-order valence-corrected chi connectivity index (χ3v) is 3.57. The Labute approximate surface area is 129 Å². The molecule has 1 fully saturated rings. The fourth-order valence-electron chi connectivity index (χ4n) is 2.55. The lowest BCUT2D eigenvalue weighted by molar-refractivity contribution is 0.128. The second kappa shape index (κ2) is 8.64. The standard InChI is InChI=1S/C14H23N3.2ClH/c1-16(2)14-7-4-8-17(11-14)10-12-5-3-6-13(15)9-12;;/h3,5-6,9,14H,4,7-8,10-11,15H2,1-2H3;2*1H. The molecule has 19 heavy (non-hydrogen) atoms. The van der Waals surface area contributed by atoms with Gasteiger partial charge in [0.05, 0.1) is 0 Å². The van der Waals surface area contributed by atoms with Gasteiger partial charge in [0, 0.05) is 24.8 Å². The summed E-state index contributed by atoms with van der Waals surface area (Å²) < 4.78 is 0. The molecule has 2 rings (SSSR count). The Hall–Kier alpha value is -0.480. The van der Waals surface area contributed by atoms with Crippen LogP contribution in [0, 0.1) is 0 Å². The number of nitrogen functional groups attached to an aromatic ring is 1. The van der Waals surface area contributed by atoms with E-state index in [0.717, 1.165) is 12.2 Å². The molecule has 1 saturated heterocycles. The lowest BCUT2D eigenvalue weighted by atomic mass is 10.0. The number of hydrogen-bond acceptors (Lipinski definition) is 3. The second-order valence-corrected chi connectivity index (χ2v) is 5.24. The number of benzene rings is 1. The molecular weight excluding hydrogens is 281 g/mol. The normalized spacial score (nSPS) is 19.6. The number of nitrogens with two attached hydrogens (primary N) is 1. The fourth-order valence-corrected chi connectivity index (χ4v) is 2.55. The molecule has 1 aromatic carbocycles. The van der Waals surface area contributed by atoms with Crippen molar-refractivity contribution in [1.82, 2.24) is 9.80 Å². The molecule has 0 saturated carbocycles. The molecule has 0 amide bonds. The maximum atomic E-state index is 5.81. The third kappa shape index (κ3) is 5.57. The molecule has 1 unspecified atom stereocenters. The highest BCUT2D eigenvalue weighted by Gasteiger charge is 2.21. The van der Waals surface area contributed by atoms with Crippen molar-refractivity contribution < 1.29 is 0 Å². The number of likely N-dealkylation sites (N-methyl/N-ethyl adjacent to an activating group) is 1. The van der Waals surface area contributed by atoms with E-state index in [-0.39, 0.29) is 24.8 Å². The minimum absolute atomic E-state index is 0. The zero-order valence-corrected chi connectivity index (χ0v) is 13.3. The van der Waals surface area contributed by atoms with Gasteiger partial charge in [0.2, 0.25) is 0 Å². The van der Waals surface area contributed by atoms with E-state index in [2.05, 4.69) is 36.0 Å². The van der Waals surface area contributed by atoms with Crippen molar-refractivity contribution in [3.05, 3.63) is 29.8 Å².